The van der Waals surface area contributed by atoms with Crippen LogP contribution in [0, 0.1) is 0 Å². The summed E-state index contributed by atoms with van der Waals surface area (Å²) >= 11 is 0. The summed E-state index contributed by atoms with van der Waals surface area (Å²) in [6.07, 6.45) is 3.19. The summed E-state index contributed by atoms with van der Waals surface area (Å²) < 4.78 is 5.24. The largest absolute Gasteiger partial charge is 0.382 e. The van der Waals surface area contributed by atoms with E-state index in [9.17, 15) is 4.79 Å². The van der Waals surface area contributed by atoms with Crippen LogP contribution in [0.4, 0.5) is 5.82 Å². The molecule has 0 aromatic carbocycles. The molecule has 17 heavy (non-hydrogen) atoms. The molecule has 1 aromatic heterocycles. The smallest absolute Gasteiger partial charge is 0.252 e. The Morgan fingerprint density at radius 3 is 3.12 bits per heavy atom. The van der Waals surface area contributed by atoms with Gasteiger partial charge in [-0.15, -0.1) is 0 Å². The van der Waals surface area contributed by atoms with Crippen molar-refractivity contribution in [3.63, 3.8) is 0 Å². The second-order valence-electron chi connectivity index (χ2n) is 4.27. The first-order valence-electron chi connectivity index (χ1n) is 6.22. The van der Waals surface area contributed by atoms with Crippen molar-refractivity contribution in [2.24, 2.45) is 0 Å². The van der Waals surface area contributed by atoms with Gasteiger partial charge in [0.15, 0.2) is 0 Å². The lowest BCUT2D eigenvalue weighted by Crippen LogP contribution is -2.14. The summed E-state index contributed by atoms with van der Waals surface area (Å²) in [5.41, 5.74) is -0.0748. The SMILES string of the molecule is CCOCCCNc1cc(=O)[nH]c(C2CC2)n1. The Kier molecular flexibility index (Phi) is 4.14. The molecular formula is C12H19N3O2. The van der Waals surface area contributed by atoms with Gasteiger partial charge in [-0.25, -0.2) is 4.98 Å². The molecule has 1 heterocycles. The van der Waals surface area contributed by atoms with E-state index in [0.717, 1.165) is 44.8 Å². The van der Waals surface area contributed by atoms with Crippen molar-refractivity contribution in [2.45, 2.75) is 32.1 Å². The summed E-state index contributed by atoms with van der Waals surface area (Å²) in [5, 5.41) is 3.16. The molecule has 2 N–H and O–H groups in total. The lowest BCUT2D eigenvalue weighted by atomic mass is 10.4. The lowest BCUT2D eigenvalue weighted by molar-refractivity contribution is 0.147. The zero-order chi connectivity index (χ0) is 12.1. The topological polar surface area (TPSA) is 67.0 Å². The van der Waals surface area contributed by atoms with E-state index in [1.807, 2.05) is 6.92 Å². The van der Waals surface area contributed by atoms with Gasteiger partial charge in [0, 0.05) is 31.7 Å². The molecule has 0 unspecified atom stereocenters. The van der Waals surface area contributed by atoms with Gasteiger partial charge >= 0.3 is 0 Å². The second-order valence-corrected chi connectivity index (χ2v) is 4.27. The molecule has 0 aliphatic heterocycles. The van der Waals surface area contributed by atoms with Gasteiger partial charge in [0.2, 0.25) is 0 Å². The summed E-state index contributed by atoms with van der Waals surface area (Å²) in [7, 11) is 0. The summed E-state index contributed by atoms with van der Waals surface area (Å²) in [5.74, 6) is 1.96. The number of hydrogen-bond donors (Lipinski definition) is 2. The fraction of sp³-hybridized carbons (Fsp3) is 0.667. The summed E-state index contributed by atoms with van der Waals surface area (Å²) in [6.45, 7) is 4.24. The third-order valence-electron chi connectivity index (χ3n) is 2.70. The van der Waals surface area contributed by atoms with E-state index >= 15 is 0 Å². The molecule has 1 fully saturated rings. The second kappa shape index (κ2) is 5.82. The van der Waals surface area contributed by atoms with Crippen LogP contribution in [0.1, 0.15) is 37.9 Å². The molecule has 0 atom stereocenters. The van der Waals surface area contributed by atoms with E-state index in [4.69, 9.17) is 4.74 Å². The van der Waals surface area contributed by atoms with Crippen molar-refractivity contribution >= 4 is 5.82 Å². The van der Waals surface area contributed by atoms with Gasteiger partial charge < -0.3 is 15.0 Å². The zero-order valence-electron chi connectivity index (χ0n) is 10.2. The highest BCUT2D eigenvalue weighted by molar-refractivity contribution is 5.33. The number of nitrogens with zero attached hydrogens (tertiary/aromatic N) is 1. The standard InChI is InChI=1S/C12H19N3O2/c1-2-17-7-3-6-13-10-8-11(16)15-12(14-10)9-4-5-9/h8-9H,2-7H2,1H3,(H2,13,14,15,16). The number of rotatable bonds is 7. The van der Waals surface area contributed by atoms with Crippen LogP contribution < -0.4 is 10.9 Å². The number of hydrogen-bond acceptors (Lipinski definition) is 4. The van der Waals surface area contributed by atoms with Gasteiger partial charge in [-0.2, -0.15) is 0 Å². The van der Waals surface area contributed by atoms with E-state index in [0.29, 0.717) is 11.7 Å². The van der Waals surface area contributed by atoms with Crippen molar-refractivity contribution in [3.8, 4) is 0 Å². The van der Waals surface area contributed by atoms with E-state index in [-0.39, 0.29) is 5.56 Å². The van der Waals surface area contributed by atoms with Gasteiger partial charge in [-0.3, -0.25) is 4.79 Å². The van der Waals surface area contributed by atoms with Gasteiger partial charge in [0.05, 0.1) is 0 Å². The number of aromatic amines is 1. The average Bonchev–Trinajstić information content (AvgIpc) is 3.12. The Morgan fingerprint density at radius 2 is 2.41 bits per heavy atom. The Bertz CT molecular complexity index is 412. The number of aromatic nitrogens is 2. The maximum atomic E-state index is 11.4. The van der Waals surface area contributed by atoms with Gasteiger partial charge in [-0.1, -0.05) is 0 Å². The van der Waals surface area contributed by atoms with E-state index in [1.165, 1.54) is 6.07 Å². The Morgan fingerprint density at radius 1 is 1.59 bits per heavy atom. The third kappa shape index (κ3) is 3.85. The molecule has 1 aliphatic rings. The molecule has 1 aromatic rings. The van der Waals surface area contributed by atoms with Crippen molar-refractivity contribution in [3.05, 3.63) is 22.2 Å². The maximum Gasteiger partial charge on any atom is 0.252 e. The van der Waals surface area contributed by atoms with Crippen molar-refractivity contribution in [2.75, 3.05) is 25.1 Å². The van der Waals surface area contributed by atoms with Gasteiger partial charge in [0.25, 0.3) is 5.56 Å². The molecular weight excluding hydrogens is 218 g/mol. The minimum absolute atomic E-state index is 0.0748. The third-order valence-corrected chi connectivity index (χ3v) is 2.70. The Labute approximate surface area is 101 Å². The van der Waals surface area contributed by atoms with Crippen LogP contribution in [0.5, 0.6) is 0 Å². The predicted molar refractivity (Wildman–Crippen MR) is 66.4 cm³/mol. The fourth-order valence-electron chi connectivity index (χ4n) is 1.65. The quantitative estimate of drug-likeness (QED) is 0.705. The van der Waals surface area contributed by atoms with Crippen LogP contribution in [0.3, 0.4) is 0 Å². The number of anilines is 1. The first kappa shape index (κ1) is 12.1. The highest BCUT2D eigenvalue weighted by Crippen LogP contribution is 2.37. The summed E-state index contributed by atoms with van der Waals surface area (Å²) in [6, 6.07) is 1.51. The highest BCUT2D eigenvalue weighted by atomic mass is 16.5. The molecule has 0 saturated heterocycles. The minimum Gasteiger partial charge on any atom is -0.382 e. The minimum atomic E-state index is -0.0748. The molecule has 0 bridgehead atoms. The Hall–Kier alpha value is -1.36. The monoisotopic (exact) mass is 237 g/mol. The van der Waals surface area contributed by atoms with Crippen molar-refractivity contribution in [1.29, 1.82) is 0 Å². The van der Waals surface area contributed by atoms with E-state index < -0.39 is 0 Å². The lowest BCUT2D eigenvalue weighted by Gasteiger charge is -2.06. The molecule has 1 aliphatic carbocycles. The van der Waals surface area contributed by atoms with Crippen molar-refractivity contribution < 1.29 is 4.74 Å². The number of H-pyrrole nitrogens is 1. The Balaban J connectivity index is 1.85. The molecule has 5 nitrogen and oxygen atoms in total. The van der Waals surface area contributed by atoms with Crippen LogP contribution in [0.15, 0.2) is 10.9 Å². The van der Waals surface area contributed by atoms with Crippen LogP contribution in [-0.2, 0) is 4.74 Å². The van der Waals surface area contributed by atoms with Crippen LogP contribution in [0.25, 0.3) is 0 Å². The molecule has 2 rings (SSSR count). The van der Waals surface area contributed by atoms with Crippen LogP contribution >= 0.6 is 0 Å². The van der Waals surface area contributed by atoms with Gasteiger partial charge in [0.1, 0.15) is 11.6 Å². The molecule has 0 spiro atoms. The molecule has 0 amide bonds. The molecule has 94 valence electrons. The average molecular weight is 237 g/mol. The maximum absolute atomic E-state index is 11.4. The first-order chi connectivity index (χ1) is 8.29. The van der Waals surface area contributed by atoms with E-state index in [1.54, 1.807) is 0 Å². The number of ether oxygens (including phenoxy) is 1. The molecule has 5 heteroatoms. The first-order valence-corrected chi connectivity index (χ1v) is 6.22. The zero-order valence-corrected chi connectivity index (χ0v) is 10.2. The predicted octanol–water partition coefficient (Wildman–Crippen LogP) is 1.49. The number of nitrogens with one attached hydrogen (secondary N) is 2. The highest BCUT2D eigenvalue weighted by Gasteiger charge is 2.26. The van der Waals surface area contributed by atoms with Gasteiger partial charge in [-0.05, 0) is 26.2 Å². The normalized spacial score (nSPS) is 14.9. The van der Waals surface area contributed by atoms with Crippen LogP contribution in [0.2, 0.25) is 0 Å². The van der Waals surface area contributed by atoms with Crippen LogP contribution in [-0.4, -0.2) is 29.7 Å². The molecule has 1 saturated carbocycles. The fourth-order valence-corrected chi connectivity index (χ4v) is 1.65. The van der Waals surface area contributed by atoms with E-state index in [2.05, 4.69) is 15.3 Å². The summed E-state index contributed by atoms with van der Waals surface area (Å²) in [4.78, 5) is 18.6. The van der Waals surface area contributed by atoms with Crippen molar-refractivity contribution in [1.82, 2.24) is 9.97 Å². The molecule has 0 radical (unpaired) electrons.